The van der Waals surface area contributed by atoms with Crippen LogP contribution in [0.5, 0.6) is 0 Å². The molecule has 0 aliphatic rings. The first kappa shape index (κ1) is 81.2. The molecule has 0 aromatic carbocycles. The van der Waals surface area contributed by atoms with Crippen molar-refractivity contribution in [1.82, 2.24) is 5.32 Å². The lowest BCUT2D eigenvalue weighted by atomic mass is 10.0. The van der Waals surface area contributed by atoms with Crippen molar-refractivity contribution in [2.75, 3.05) is 40.9 Å². The van der Waals surface area contributed by atoms with E-state index in [0.717, 1.165) is 116 Å². The summed E-state index contributed by atoms with van der Waals surface area (Å²) in [6, 6.07) is -0.925. The third-order valence-corrected chi connectivity index (χ3v) is 15.5. The van der Waals surface area contributed by atoms with Gasteiger partial charge in [-0.05, 0) is 128 Å². The Morgan fingerprint density at radius 2 is 0.753 bits per heavy atom. The normalized spacial score (nSPS) is 14.4. The summed E-state index contributed by atoms with van der Waals surface area (Å²) in [5.41, 5.74) is 0. The van der Waals surface area contributed by atoms with E-state index in [2.05, 4.69) is 148 Å². The average Bonchev–Trinajstić information content (AvgIpc) is 3.50. The van der Waals surface area contributed by atoms with Crippen molar-refractivity contribution in [3.63, 3.8) is 0 Å². The zero-order valence-electron chi connectivity index (χ0n) is 55.5. The van der Waals surface area contributed by atoms with Gasteiger partial charge in [0.15, 0.2) is 0 Å². The molecule has 85 heavy (non-hydrogen) atoms. The molecule has 1 N–H and O–H groups in total. The number of hydrogen-bond donors (Lipinski definition) is 1. The Labute approximate surface area is 524 Å². The van der Waals surface area contributed by atoms with Crippen LogP contribution in [0.2, 0.25) is 0 Å². The van der Waals surface area contributed by atoms with Crippen molar-refractivity contribution in [3.05, 3.63) is 134 Å². The van der Waals surface area contributed by atoms with Gasteiger partial charge in [-0.1, -0.05) is 270 Å². The Kier molecular flexibility index (Phi) is 60.3. The van der Waals surface area contributed by atoms with Crippen molar-refractivity contribution in [2.45, 2.75) is 290 Å². The van der Waals surface area contributed by atoms with Gasteiger partial charge in [-0.3, -0.25) is 14.2 Å². The van der Waals surface area contributed by atoms with E-state index in [-0.39, 0.29) is 31.3 Å². The predicted molar refractivity (Wildman–Crippen MR) is 366 cm³/mol. The van der Waals surface area contributed by atoms with E-state index < -0.39 is 26.6 Å². The summed E-state index contributed by atoms with van der Waals surface area (Å²) < 4.78 is 30.4. The van der Waals surface area contributed by atoms with Crippen molar-refractivity contribution < 1.29 is 37.3 Å². The minimum atomic E-state index is -4.73. The number of nitrogens with one attached hydrogen (secondary N) is 1. The second-order valence-corrected chi connectivity index (χ2v) is 25.4. The molecule has 0 rings (SSSR count). The van der Waals surface area contributed by atoms with Crippen molar-refractivity contribution in [1.29, 1.82) is 0 Å². The second-order valence-electron chi connectivity index (χ2n) is 23.9. The smallest absolute Gasteiger partial charge is 0.306 e. The summed E-state index contributed by atoms with van der Waals surface area (Å²) in [6.07, 6.45) is 90.0. The fraction of sp³-hybridized carbons (Fsp3) is 0.680. The van der Waals surface area contributed by atoms with Crippen LogP contribution in [0.3, 0.4) is 0 Å². The van der Waals surface area contributed by atoms with E-state index in [1.54, 1.807) is 0 Å². The Bertz CT molecular complexity index is 1920. The van der Waals surface area contributed by atoms with Crippen LogP contribution in [0, 0.1) is 0 Å². The highest BCUT2D eigenvalue weighted by Crippen LogP contribution is 2.38. The quantitative estimate of drug-likeness (QED) is 0.0212. The topological polar surface area (TPSA) is 114 Å². The van der Waals surface area contributed by atoms with E-state index in [0.29, 0.717) is 23.9 Å². The SMILES string of the molecule is CC/C=C\C/C=C\C/C=C\C/C=C\C/C=C\C/C=C\CCCCC(=O)NC(COP(=O)([O-])OCC[N+](C)(C)C)C(/C=C/CCCCCCCCCCCCC)OC(=O)CCCCCCCCCCC/C=C\C/C=C\C/C=C\C/C=C\CCCCC. The zero-order chi connectivity index (χ0) is 62.1. The molecule has 1 amide bonds. The van der Waals surface area contributed by atoms with Crippen LogP contribution in [0.25, 0.3) is 0 Å². The van der Waals surface area contributed by atoms with Gasteiger partial charge in [0.1, 0.15) is 19.3 Å². The summed E-state index contributed by atoms with van der Waals surface area (Å²) in [5.74, 6) is -0.604. The first-order chi connectivity index (χ1) is 41.4. The molecular weight excluding hydrogens is 1070 g/mol. The number of nitrogens with zero attached hydrogens (tertiary/aromatic N) is 1. The summed E-state index contributed by atoms with van der Waals surface area (Å²) in [6.45, 7) is 6.66. The third kappa shape index (κ3) is 64.5. The van der Waals surface area contributed by atoms with Gasteiger partial charge in [0.05, 0.1) is 33.8 Å². The van der Waals surface area contributed by atoms with E-state index in [1.165, 1.54) is 116 Å². The zero-order valence-corrected chi connectivity index (χ0v) is 56.4. The maximum Gasteiger partial charge on any atom is 0.306 e. The Hall–Kier alpha value is -3.85. The summed E-state index contributed by atoms with van der Waals surface area (Å²) in [7, 11) is 1.14. The number of phosphoric acid groups is 1. The van der Waals surface area contributed by atoms with Crippen molar-refractivity contribution in [3.8, 4) is 0 Å². The Morgan fingerprint density at radius 1 is 0.424 bits per heavy atom. The average molecular weight is 1200 g/mol. The van der Waals surface area contributed by atoms with Gasteiger partial charge in [-0.25, -0.2) is 0 Å². The maximum atomic E-state index is 13.6. The van der Waals surface area contributed by atoms with Crippen LogP contribution >= 0.6 is 7.82 Å². The van der Waals surface area contributed by atoms with Gasteiger partial charge in [0, 0.05) is 12.8 Å². The molecule has 0 bridgehead atoms. The first-order valence-corrected chi connectivity index (χ1v) is 36.0. The fourth-order valence-corrected chi connectivity index (χ4v) is 10.00. The van der Waals surface area contributed by atoms with Crippen LogP contribution in [-0.4, -0.2) is 69.4 Å². The fourth-order valence-electron chi connectivity index (χ4n) is 9.27. The van der Waals surface area contributed by atoms with Crippen molar-refractivity contribution in [2.24, 2.45) is 0 Å². The number of rotatable bonds is 61. The highest BCUT2D eigenvalue weighted by Gasteiger charge is 2.27. The molecule has 0 spiro atoms. The minimum Gasteiger partial charge on any atom is -0.756 e. The second kappa shape index (κ2) is 63.2. The molecule has 9 nitrogen and oxygen atoms in total. The van der Waals surface area contributed by atoms with E-state index in [9.17, 15) is 19.0 Å². The van der Waals surface area contributed by atoms with Crippen LogP contribution in [0.4, 0.5) is 0 Å². The van der Waals surface area contributed by atoms with Crippen LogP contribution in [0.1, 0.15) is 278 Å². The molecule has 3 atom stereocenters. The van der Waals surface area contributed by atoms with Gasteiger partial charge in [0.2, 0.25) is 5.91 Å². The van der Waals surface area contributed by atoms with E-state index in [4.69, 9.17) is 13.8 Å². The van der Waals surface area contributed by atoms with Gasteiger partial charge in [0.25, 0.3) is 7.82 Å². The molecule has 0 radical (unpaired) electrons. The summed E-state index contributed by atoms with van der Waals surface area (Å²) in [5, 5.41) is 3.01. The van der Waals surface area contributed by atoms with Crippen LogP contribution in [0.15, 0.2) is 134 Å². The number of ether oxygens (including phenoxy) is 1. The standard InChI is InChI=1S/C75H129N2O7P/c1-7-10-13-16-19-22-25-28-30-32-34-36-37-38-39-41-43-45-47-50-53-56-59-62-65-68-75(79)84-73(66-63-60-57-54-51-48-27-24-21-18-15-12-9-3)72(71-83-85(80,81)82-70-69-77(4,5)6)76-74(78)67-64-61-58-55-52-49-46-44-42-40-35-33-31-29-26-23-20-17-14-11-8-2/h11,14,19-20,22-23,28-31,34-36,38-40,44,46,52,55,63,66,72-73H,7-10,12-13,15-18,21,24-27,32-33,37,41-43,45,47-51,53-54,56-62,64-65,67-71H2,1-6H3,(H-,76,78,80,81)/b14-11-,22-19-,23-20-,30-28-,31-29-,36-34-,39-38-,40-35-,46-44-,55-52-,66-63+. The molecule has 0 saturated carbocycles. The van der Waals surface area contributed by atoms with Crippen LogP contribution < -0.4 is 10.2 Å². The lowest BCUT2D eigenvalue weighted by Crippen LogP contribution is -2.47. The summed E-state index contributed by atoms with van der Waals surface area (Å²) >= 11 is 0. The highest BCUT2D eigenvalue weighted by atomic mass is 31.2. The highest BCUT2D eigenvalue weighted by molar-refractivity contribution is 7.45. The molecule has 0 aliphatic carbocycles. The first-order valence-electron chi connectivity index (χ1n) is 34.5. The number of unbranched alkanes of at least 4 members (excludes halogenated alkanes) is 25. The molecule has 0 heterocycles. The summed E-state index contributed by atoms with van der Waals surface area (Å²) in [4.78, 5) is 40.2. The molecule has 0 fully saturated rings. The lowest BCUT2D eigenvalue weighted by molar-refractivity contribution is -0.870. The predicted octanol–water partition coefficient (Wildman–Crippen LogP) is 21.4. The van der Waals surface area contributed by atoms with Gasteiger partial charge in [-0.2, -0.15) is 0 Å². The molecule has 3 unspecified atom stereocenters. The monoisotopic (exact) mass is 1200 g/mol. The molecule has 0 aromatic heterocycles. The minimum absolute atomic E-state index is 0.0390. The Balaban J connectivity index is 5.26. The molecule has 0 saturated heterocycles. The number of likely N-dealkylation sites (N-methyl/N-ethyl adjacent to an activating group) is 1. The number of quaternary nitrogens is 1. The number of phosphoric ester groups is 1. The van der Waals surface area contributed by atoms with Crippen molar-refractivity contribution >= 4 is 19.7 Å². The molecule has 0 aliphatic heterocycles. The van der Waals surface area contributed by atoms with Gasteiger partial charge >= 0.3 is 5.97 Å². The van der Waals surface area contributed by atoms with Gasteiger partial charge in [-0.15, -0.1) is 0 Å². The third-order valence-electron chi connectivity index (χ3n) is 14.6. The molecule has 486 valence electrons. The molecule has 0 aromatic rings. The van der Waals surface area contributed by atoms with E-state index >= 15 is 0 Å². The number of allylic oxidation sites excluding steroid dienone is 21. The van der Waals surface area contributed by atoms with Crippen LogP contribution in [-0.2, 0) is 27.9 Å². The number of carbonyl (C=O) groups excluding carboxylic acids is 2. The largest absolute Gasteiger partial charge is 0.756 e. The maximum absolute atomic E-state index is 13.6. The Morgan fingerprint density at radius 3 is 1.16 bits per heavy atom. The number of hydrogen-bond acceptors (Lipinski definition) is 7. The van der Waals surface area contributed by atoms with Gasteiger partial charge < -0.3 is 28.5 Å². The number of carbonyl (C=O) groups is 2. The lowest BCUT2D eigenvalue weighted by Gasteiger charge is -2.30. The number of amides is 1. The molecular formula is C75H129N2O7P. The van der Waals surface area contributed by atoms with E-state index in [1.807, 2.05) is 33.3 Å². The molecule has 10 heteroatoms. The number of esters is 1.